The van der Waals surface area contributed by atoms with E-state index in [0.29, 0.717) is 29.9 Å². The Morgan fingerprint density at radius 3 is 1.58 bits per heavy atom. The second-order valence-corrected chi connectivity index (χ2v) is 11.5. The van der Waals surface area contributed by atoms with Crippen LogP contribution in [0.25, 0.3) is 11.1 Å². The normalized spacial score (nSPS) is 15.7. The van der Waals surface area contributed by atoms with Gasteiger partial charge in [-0.05, 0) is 71.5 Å². The predicted molar refractivity (Wildman–Crippen MR) is 192 cm³/mol. The van der Waals surface area contributed by atoms with Crippen LogP contribution in [0.1, 0.15) is 72.7 Å². The van der Waals surface area contributed by atoms with Gasteiger partial charge >= 0.3 is 11.9 Å². The smallest absolute Gasteiger partial charge is 0.337 e. The van der Waals surface area contributed by atoms with Crippen molar-refractivity contribution in [3.8, 4) is 11.5 Å². The van der Waals surface area contributed by atoms with Gasteiger partial charge < -0.3 is 30.0 Å². The summed E-state index contributed by atoms with van der Waals surface area (Å²) in [5.74, 6) is 0.463. The minimum atomic E-state index is -0.572. The summed E-state index contributed by atoms with van der Waals surface area (Å²) in [7, 11) is 3.20. The molecule has 0 radical (unpaired) electrons. The van der Waals surface area contributed by atoms with Gasteiger partial charge in [-0.1, -0.05) is 79.7 Å². The largest absolute Gasteiger partial charge is 0.497 e. The molecule has 3 N–H and O–H groups in total. The van der Waals surface area contributed by atoms with Gasteiger partial charge in [0.2, 0.25) is 5.91 Å². The Labute approximate surface area is 292 Å². The van der Waals surface area contributed by atoms with Gasteiger partial charge in [0.25, 0.3) is 0 Å². The van der Waals surface area contributed by atoms with Crippen molar-refractivity contribution in [1.29, 1.82) is 0 Å². The van der Waals surface area contributed by atoms with Crippen LogP contribution >= 0.6 is 0 Å². The van der Waals surface area contributed by atoms with E-state index in [-0.39, 0.29) is 18.5 Å². The molecule has 1 amide bonds. The van der Waals surface area contributed by atoms with E-state index in [1.807, 2.05) is 97.1 Å². The van der Waals surface area contributed by atoms with Crippen molar-refractivity contribution in [1.82, 2.24) is 5.32 Å². The number of amides is 1. The zero-order chi connectivity index (χ0) is 35.8. The summed E-state index contributed by atoms with van der Waals surface area (Å²) in [6.07, 6.45) is 0.326. The maximum atomic E-state index is 12.9. The fraction of sp³-hybridized carbons (Fsp3) is 0.244. The van der Waals surface area contributed by atoms with E-state index in [0.717, 1.165) is 50.3 Å². The van der Waals surface area contributed by atoms with E-state index < -0.39 is 18.1 Å². The van der Waals surface area contributed by atoms with Gasteiger partial charge in [-0.15, -0.1) is 0 Å². The molecule has 2 aliphatic rings. The molecule has 0 spiro atoms. The van der Waals surface area contributed by atoms with Gasteiger partial charge in [-0.3, -0.25) is 4.79 Å². The first-order chi connectivity index (χ1) is 24.3. The lowest BCUT2D eigenvalue weighted by atomic mass is 9.97. The number of hydrogen-bond donors (Lipinski definition) is 2. The fourth-order valence-corrected chi connectivity index (χ4v) is 6.30. The lowest BCUT2D eigenvalue weighted by Crippen LogP contribution is -2.30. The molecule has 4 aromatic rings. The van der Waals surface area contributed by atoms with E-state index >= 15 is 0 Å². The van der Waals surface area contributed by atoms with Gasteiger partial charge in [0.1, 0.15) is 11.5 Å². The molecule has 50 heavy (non-hydrogen) atoms. The summed E-state index contributed by atoms with van der Waals surface area (Å²) >= 11 is 0. The van der Waals surface area contributed by atoms with Crippen molar-refractivity contribution in [2.24, 2.45) is 5.73 Å². The molecule has 6 rings (SSSR count). The second kappa shape index (κ2) is 16.2. The first-order valence-corrected chi connectivity index (χ1v) is 16.6. The Balaban J connectivity index is 0.000000197. The maximum Gasteiger partial charge on any atom is 0.337 e. The zero-order valence-corrected chi connectivity index (χ0v) is 28.9. The monoisotopic (exact) mass is 674 g/mol. The number of benzene rings is 4. The number of nitrogens with one attached hydrogen (secondary N) is 1. The molecule has 2 aliphatic carbocycles. The Bertz CT molecular complexity index is 1930. The summed E-state index contributed by atoms with van der Waals surface area (Å²) in [6, 6.07) is 29.7. The molecule has 9 nitrogen and oxygen atoms in total. The zero-order valence-electron chi connectivity index (χ0n) is 28.9. The van der Waals surface area contributed by atoms with Crippen molar-refractivity contribution < 1.29 is 33.3 Å². The molecule has 0 bridgehead atoms. The molecule has 0 heterocycles. The lowest BCUT2D eigenvalue weighted by molar-refractivity contribution is -0.139. The second-order valence-electron chi connectivity index (χ2n) is 11.5. The topological polar surface area (TPSA) is 126 Å². The summed E-state index contributed by atoms with van der Waals surface area (Å²) in [5, 5.41) is 2.97. The minimum Gasteiger partial charge on any atom is -0.497 e. The molecule has 0 saturated carbocycles. The van der Waals surface area contributed by atoms with Crippen molar-refractivity contribution in [2.75, 3.05) is 27.4 Å². The fourth-order valence-electron chi connectivity index (χ4n) is 6.30. The molecule has 0 saturated heterocycles. The number of ether oxygens (including phenoxy) is 4. The number of rotatable bonds is 10. The van der Waals surface area contributed by atoms with Crippen LogP contribution in [0.5, 0.6) is 11.5 Å². The van der Waals surface area contributed by atoms with Crippen molar-refractivity contribution >= 4 is 29.0 Å². The van der Waals surface area contributed by atoms with E-state index in [1.165, 1.54) is 0 Å². The molecule has 2 atom stereocenters. The van der Waals surface area contributed by atoms with Gasteiger partial charge in [0.05, 0.1) is 50.7 Å². The molecule has 9 heteroatoms. The Hall–Kier alpha value is -5.67. The average Bonchev–Trinajstić information content (AvgIpc) is 3.63. The number of fused-ring (bicyclic) bond motifs is 2. The van der Waals surface area contributed by atoms with Gasteiger partial charge in [-0.25, -0.2) is 9.59 Å². The van der Waals surface area contributed by atoms with Crippen LogP contribution < -0.4 is 20.5 Å². The number of nitrogens with two attached hydrogens (primary N) is 1. The lowest BCUT2D eigenvalue weighted by Gasteiger charge is -2.18. The first kappa shape index (κ1) is 35.6. The average molecular weight is 675 g/mol. The van der Waals surface area contributed by atoms with Gasteiger partial charge in [0.15, 0.2) is 0 Å². The van der Waals surface area contributed by atoms with Crippen LogP contribution in [0.15, 0.2) is 108 Å². The highest BCUT2D eigenvalue weighted by Gasteiger charge is 2.38. The third-order valence-electron chi connectivity index (χ3n) is 8.58. The van der Waals surface area contributed by atoms with Crippen LogP contribution in [-0.4, -0.2) is 45.3 Å². The maximum absolute atomic E-state index is 12.9. The Morgan fingerprint density at radius 1 is 0.640 bits per heavy atom. The van der Waals surface area contributed by atoms with Crippen LogP contribution in [-0.2, 0) is 23.9 Å². The van der Waals surface area contributed by atoms with E-state index in [1.54, 1.807) is 35.0 Å². The molecular weight excluding hydrogens is 632 g/mol. The van der Waals surface area contributed by atoms with E-state index in [4.69, 9.17) is 24.7 Å². The van der Waals surface area contributed by atoms with Crippen LogP contribution in [0.4, 0.5) is 0 Å². The minimum absolute atomic E-state index is 0.134. The molecule has 4 aromatic carbocycles. The van der Waals surface area contributed by atoms with Crippen molar-refractivity contribution in [3.63, 3.8) is 0 Å². The summed E-state index contributed by atoms with van der Waals surface area (Å²) < 4.78 is 21.2. The number of hydrogen-bond acceptors (Lipinski definition) is 8. The molecule has 0 fully saturated rings. The number of carbonyl (C=O) groups is 3. The molecule has 258 valence electrons. The summed E-state index contributed by atoms with van der Waals surface area (Å²) in [6.45, 7) is 5.92. The van der Waals surface area contributed by atoms with Crippen molar-refractivity contribution in [2.45, 2.75) is 39.3 Å². The molecule has 0 aliphatic heterocycles. The number of methoxy groups -OCH3 is 2. The van der Waals surface area contributed by atoms with Crippen LogP contribution in [0, 0.1) is 0 Å². The quantitative estimate of drug-likeness (QED) is 0.178. The van der Waals surface area contributed by atoms with Crippen LogP contribution in [0.2, 0.25) is 0 Å². The number of esters is 2. The summed E-state index contributed by atoms with van der Waals surface area (Å²) in [5.41, 5.74) is 14.4. The van der Waals surface area contributed by atoms with Crippen molar-refractivity contribution in [3.05, 3.63) is 142 Å². The highest BCUT2D eigenvalue weighted by molar-refractivity contribution is 6.08. The Kier molecular flexibility index (Phi) is 11.5. The number of carbonyl (C=O) groups excluding carboxylic acids is 3. The molecular formula is C41H42N2O7. The highest BCUT2D eigenvalue weighted by atomic mass is 16.5. The SMILES string of the molecule is CCOC(=O)C1=C(c2ccccc2)c2ccc(OC)cc2C1N.CCOC(=O)C1=C(c2ccccc2)c2ccc(OC)cc2C1NC(=O)CC. The predicted octanol–water partition coefficient (Wildman–Crippen LogP) is 6.71. The molecule has 0 aromatic heterocycles. The Morgan fingerprint density at radius 2 is 1.10 bits per heavy atom. The van der Waals surface area contributed by atoms with Crippen LogP contribution in [0.3, 0.4) is 0 Å². The third-order valence-corrected chi connectivity index (χ3v) is 8.58. The summed E-state index contributed by atoms with van der Waals surface area (Å²) in [4.78, 5) is 37.5. The van der Waals surface area contributed by atoms with Gasteiger partial charge in [-0.2, -0.15) is 0 Å². The molecule has 2 unspecified atom stereocenters. The highest BCUT2D eigenvalue weighted by Crippen LogP contribution is 2.46. The third kappa shape index (κ3) is 7.18. The van der Waals surface area contributed by atoms with Gasteiger partial charge in [0, 0.05) is 17.6 Å². The van der Waals surface area contributed by atoms with E-state index in [2.05, 4.69) is 5.32 Å². The standard InChI is InChI=1S/C22H23NO4.C19H19NO3/c1-4-18(24)23-21-17-13-15(26-3)11-12-16(17)19(14-9-7-6-8-10-14)20(21)22(25)27-5-2;1-3-23-19(21)17-16(12-7-5-4-6-8-12)14-10-9-13(22-2)11-15(14)18(17)20/h6-13,21H,4-5H2,1-3H3,(H,23,24);4-11,18H,3,20H2,1-2H3. The first-order valence-electron chi connectivity index (χ1n) is 16.6. The van der Waals surface area contributed by atoms with E-state index in [9.17, 15) is 14.4 Å².